The van der Waals surface area contributed by atoms with Crippen molar-refractivity contribution in [1.29, 1.82) is 0 Å². The standard InChI is InChI=1S/C20H23NO9P2/c1-13-7-8-17(28-18(22)15-5-2-6-15)16(10-13)19-29-31(24,25)20(23,32(26,27)30-19)11-14-4-3-9-21-12-14/h3-4,7-10,12,15,19,23H,2,5-6,11H2,1H3,(H,24,25)(H,26,27). The van der Waals surface area contributed by atoms with Crippen molar-refractivity contribution in [3.05, 3.63) is 59.4 Å². The number of nitrogens with zero attached hydrogens (tertiary/aromatic N) is 1. The van der Waals surface area contributed by atoms with E-state index in [1.54, 1.807) is 13.0 Å². The first-order valence-electron chi connectivity index (χ1n) is 9.98. The average molecular weight is 483 g/mol. The van der Waals surface area contributed by atoms with Gasteiger partial charge in [-0.05, 0) is 43.5 Å². The van der Waals surface area contributed by atoms with E-state index < -0.39 is 39.0 Å². The van der Waals surface area contributed by atoms with Crippen molar-refractivity contribution in [3.63, 3.8) is 0 Å². The van der Waals surface area contributed by atoms with Crippen molar-refractivity contribution in [2.45, 2.75) is 44.0 Å². The summed E-state index contributed by atoms with van der Waals surface area (Å²) in [6.07, 6.45) is 2.53. The molecule has 1 saturated carbocycles. The zero-order valence-corrected chi connectivity index (χ0v) is 18.9. The van der Waals surface area contributed by atoms with Crippen LogP contribution in [0.4, 0.5) is 0 Å². The molecule has 2 atom stereocenters. The van der Waals surface area contributed by atoms with Crippen molar-refractivity contribution >= 4 is 21.2 Å². The Hall–Kier alpha value is -1.90. The lowest BCUT2D eigenvalue weighted by atomic mass is 9.86. The number of hydrogen-bond donors (Lipinski definition) is 3. The Morgan fingerprint density at radius 1 is 1.22 bits per heavy atom. The second-order valence-corrected chi connectivity index (χ2v) is 12.3. The zero-order chi connectivity index (χ0) is 23.1. The van der Waals surface area contributed by atoms with E-state index in [0.29, 0.717) is 18.4 Å². The summed E-state index contributed by atoms with van der Waals surface area (Å²) in [4.78, 5) is 37.2. The first kappa shape index (κ1) is 23.3. The molecule has 1 aliphatic heterocycles. The summed E-state index contributed by atoms with van der Waals surface area (Å²) < 4.78 is 41.8. The average Bonchev–Trinajstić information content (AvgIpc) is 2.66. The van der Waals surface area contributed by atoms with Gasteiger partial charge in [-0.25, -0.2) is 0 Å². The Balaban J connectivity index is 1.66. The lowest BCUT2D eigenvalue weighted by Crippen LogP contribution is -2.38. The molecule has 4 rings (SSSR count). The van der Waals surface area contributed by atoms with Gasteiger partial charge in [0, 0.05) is 18.8 Å². The highest BCUT2D eigenvalue weighted by molar-refractivity contribution is 7.73. The second kappa shape index (κ2) is 8.47. The van der Waals surface area contributed by atoms with Gasteiger partial charge in [0.05, 0.1) is 11.5 Å². The summed E-state index contributed by atoms with van der Waals surface area (Å²) in [5, 5.41) is 7.73. The maximum absolute atomic E-state index is 13.0. The molecule has 0 bridgehead atoms. The molecule has 1 saturated heterocycles. The van der Waals surface area contributed by atoms with Crippen molar-refractivity contribution in [3.8, 4) is 5.75 Å². The fourth-order valence-electron chi connectivity index (χ4n) is 3.48. The molecule has 3 N–H and O–H groups in total. The number of ether oxygens (including phenoxy) is 1. The van der Waals surface area contributed by atoms with Crippen molar-refractivity contribution in [1.82, 2.24) is 4.98 Å². The number of carbonyl (C=O) groups excluding carboxylic acids is 1. The molecule has 2 fully saturated rings. The fourth-order valence-corrected chi connectivity index (χ4v) is 7.04. The number of pyridine rings is 1. The fraction of sp³-hybridized carbons (Fsp3) is 0.400. The van der Waals surface area contributed by atoms with Gasteiger partial charge in [-0.15, -0.1) is 0 Å². The number of aryl methyl sites for hydroxylation is 1. The maximum atomic E-state index is 13.0. The van der Waals surface area contributed by atoms with E-state index in [1.165, 1.54) is 36.7 Å². The number of aromatic nitrogens is 1. The van der Waals surface area contributed by atoms with Gasteiger partial charge in [0.15, 0.2) is 0 Å². The third-order valence-electron chi connectivity index (χ3n) is 5.61. The summed E-state index contributed by atoms with van der Waals surface area (Å²) in [5.74, 6) is -0.727. The van der Waals surface area contributed by atoms with Gasteiger partial charge in [0.25, 0.3) is 5.08 Å². The number of aliphatic hydroxyl groups is 1. The van der Waals surface area contributed by atoms with Crippen molar-refractivity contribution in [2.75, 3.05) is 0 Å². The molecule has 2 aliphatic rings. The molecular weight excluding hydrogens is 460 g/mol. The van der Waals surface area contributed by atoms with Crippen LogP contribution in [0, 0.1) is 12.8 Å². The highest BCUT2D eigenvalue weighted by Crippen LogP contribution is 2.79. The largest absolute Gasteiger partial charge is 0.426 e. The monoisotopic (exact) mass is 483 g/mol. The normalized spacial score (nSPS) is 32.8. The van der Waals surface area contributed by atoms with Crippen LogP contribution in [-0.2, 0) is 29.4 Å². The number of hydrogen-bond acceptors (Lipinski definition) is 8. The van der Waals surface area contributed by atoms with Crippen LogP contribution < -0.4 is 4.74 Å². The van der Waals surface area contributed by atoms with Crippen molar-refractivity contribution < 1.29 is 42.6 Å². The van der Waals surface area contributed by atoms with Crippen LogP contribution in [0.15, 0.2) is 42.7 Å². The molecule has 2 aromatic rings. The first-order chi connectivity index (χ1) is 15.0. The second-order valence-electron chi connectivity index (χ2n) is 7.99. The minimum Gasteiger partial charge on any atom is -0.426 e. The predicted molar refractivity (Wildman–Crippen MR) is 112 cm³/mol. The molecule has 12 heteroatoms. The van der Waals surface area contributed by atoms with Gasteiger partial charge in [0.2, 0.25) is 6.29 Å². The molecule has 2 unspecified atom stereocenters. The first-order valence-corrected chi connectivity index (χ1v) is 13.1. The Morgan fingerprint density at radius 2 is 1.91 bits per heavy atom. The molecule has 0 spiro atoms. The smallest absolute Gasteiger partial charge is 0.374 e. The molecule has 32 heavy (non-hydrogen) atoms. The molecule has 1 aliphatic carbocycles. The number of carbonyl (C=O) groups is 1. The van der Waals surface area contributed by atoms with Gasteiger partial charge >= 0.3 is 21.2 Å². The SMILES string of the molecule is Cc1ccc(OC(=O)C2CCC2)c(C2OP(=O)(O)C(O)(Cc3cccnc3)P(=O)(O)O2)c1. The Bertz CT molecular complexity index is 1090. The quantitative estimate of drug-likeness (QED) is 0.328. The van der Waals surface area contributed by atoms with Gasteiger partial charge in [-0.1, -0.05) is 24.1 Å². The van der Waals surface area contributed by atoms with Crippen LogP contribution in [0.3, 0.4) is 0 Å². The number of rotatable bonds is 5. The summed E-state index contributed by atoms with van der Waals surface area (Å²) in [6, 6.07) is 7.53. The van der Waals surface area contributed by atoms with Gasteiger partial charge in [0.1, 0.15) is 5.75 Å². The van der Waals surface area contributed by atoms with E-state index >= 15 is 0 Å². The van der Waals surface area contributed by atoms with E-state index in [9.17, 15) is 28.8 Å². The molecule has 1 aromatic carbocycles. The van der Waals surface area contributed by atoms with Gasteiger partial charge in [-0.3, -0.25) is 28.0 Å². The van der Waals surface area contributed by atoms with Crippen LogP contribution in [0.25, 0.3) is 0 Å². The van der Waals surface area contributed by atoms with Crippen LogP contribution in [0.2, 0.25) is 0 Å². The number of esters is 1. The highest BCUT2D eigenvalue weighted by Gasteiger charge is 2.67. The predicted octanol–water partition coefficient (Wildman–Crippen LogP) is 3.40. The Kier molecular flexibility index (Phi) is 6.15. The van der Waals surface area contributed by atoms with Crippen LogP contribution in [0.5, 0.6) is 5.75 Å². The van der Waals surface area contributed by atoms with Gasteiger partial charge < -0.3 is 19.6 Å². The molecular formula is C20H23NO9P2. The highest BCUT2D eigenvalue weighted by atomic mass is 31.2. The van der Waals surface area contributed by atoms with Crippen LogP contribution in [-0.4, -0.2) is 30.9 Å². The Labute approximate surface area is 184 Å². The van der Waals surface area contributed by atoms with E-state index in [-0.39, 0.29) is 22.8 Å². The molecule has 0 amide bonds. The molecule has 10 nitrogen and oxygen atoms in total. The zero-order valence-electron chi connectivity index (χ0n) is 17.2. The maximum Gasteiger partial charge on any atom is 0.374 e. The van der Waals surface area contributed by atoms with Crippen molar-refractivity contribution in [2.24, 2.45) is 5.92 Å². The van der Waals surface area contributed by atoms with Crippen LogP contribution >= 0.6 is 15.2 Å². The molecule has 1 aromatic heterocycles. The van der Waals surface area contributed by atoms with E-state index in [4.69, 9.17) is 13.8 Å². The Morgan fingerprint density at radius 3 is 2.47 bits per heavy atom. The number of benzene rings is 1. The summed E-state index contributed by atoms with van der Waals surface area (Å²) >= 11 is 0. The van der Waals surface area contributed by atoms with Gasteiger partial charge in [-0.2, -0.15) is 0 Å². The summed E-state index contributed by atoms with van der Waals surface area (Å²) in [6.45, 7) is 1.71. The lowest BCUT2D eigenvalue weighted by molar-refractivity contribution is -0.141. The summed E-state index contributed by atoms with van der Waals surface area (Å²) in [5.41, 5.74) is 0.881. The topological polar surface area (TPSA) is 152 Å². The lowest BCUT2D eigenvalue weighted by Gasteiger charge is -2.41. The van der Waals surface area contributed by atoms with Crippen LogP contribution in [0.1, 0.15) is 42.2 Å². The third kappa shape index (κ3) is 4.20. The van der Waals surface area contributed by atoms with E-state index in [0.717, 1.165) is 6.42 Å². The molecule has 0 radical (unpaired) electrons. The van der Waals surface area contributed by atoms with E-state index in [1.807, 2.05) is 0 Å². The molecule has 2 heterocycles. The minimum atomic E-state index is -5.15. The van der Waals surface area contributed by atoms with E-state index in [2.05, 4.69) is 4.98 Å². The minimum absolute atomic E-state index is 0.00958. The summed E-state index contributed by atoms with van der Waals surface area (Å²) in [7, 11) is -10.3. The third-order valence-corrected chi connectivity index (χ3v) is 10.2. The molecule has 172 valence electrons.